The van der Waals surface area contributed by atoms with Crippen LogP contribution in [0.3, 0.4) is 0 Å². The van der Waals surface area contributed by atoms with Gasteiger partial charge in [-0.25, -0.2) is 15.0 Å². The minimum absolute atomic E-state index is 0.350. The number of alkyl halides is 3. The van der Waals surface area contributed by atoms with E-state index in [0.717, 1.165) is 46.3 Å². The Morgan fingerprint density at radius 2 is 1.82 bits per heavy atom. The zero-order valence-electron chi connectivity index (χ0n) is 17.7. The predicted octanol–water partition coefficient (Wildman–Crippen LogP) is 6.60. The highest BCUT2D eigenvalue weighted by atomic mass is 32.1. The van der Waals surface area contributed by atoms with Crippen molar-refractivity contribution < 1.29 is 13.2 Å². The zero-order chi connectivity index (χ0) is 23.0. The van der Waals surface area contributed by atoms with Crippen LogP contribution in [0.15, 0.2) is 60.2 Å². The maximum Gasteiger partial charge on any atom is 0.416 e. The molecule has 9 heteroatoms. The van der Waals surface area contributed by atoms with Gasteiger partial charge in [-0.05, 0) is 30.2 Å². The number of aromatic nitrogens is 4. The molecule has 5 aromatic rings. The van der Waals surface area contributed by atoms with E-state index in [1.54, 1.807) is 17.7 Å². The van der Waals surface area contributed by atoms with E-state index >= 15 is 0 Å². The Morgan fingerprint density at radius 3 is 2.58 bits per heavy atom. The lowest BCUT2D eigenvalue weighted by Crippen LogP contribution is -2.07. The lowest BCUT2D eigenvalue weighted by atomic mass is 10.1. The number of halogens is 3. The summed E-state index contributed by atoms with van der Waals surface area (Å²) in [6.07, 6.45) is -1.77. The van der Waals surface area contributed by atoms with Crippen LogP contribution in [-0.4, -0.2) is 26.1 Å². The van der Waals surface area contributed by atoms with E-state index in [4.69, 9.17) is 9.97 Å². The Bertz CT molecular complexity index is 1420. The van der Waals surface area contributed by atoms with Gasteiger partial charge >= 0.3 is 6.18 Å². The number of benzene rings is 2. The molecule has 5 nitrogen and oxygen atoms in total. The molecule has 0 unspecified atom stereocenters. The summed E-state index contributed by atoms with van der Waals surface area (Å²) in [6.45, 7) is 3.16. The lowest BCUT2D eigenvalue weighted by Gasteiger charge is -2.10. The normalized spacial score (nSPS) is 12.0. The van der Waals surface area contributed by atoms with Crippen molar-refractivity contribution in [1.29, 1.82) is 0 Å². The maximum absolute atomic E-state index is 12.9. The fourth-order valence-electron chi connectivity index (χ4n) is 3.69. The summed E-state index contributed by atoms with van der Waals surface area (Å²) in [6, 6.07) is 13.3. The van der Waals surface area contributed by atoms with Crippen LogP contribution in [0.25, 0.3) is 32.6 Å². The Labute approximate surface area is 191 Å². The van der Waals surface area contributed by atoms with Gasteiger partial charge in [-0.1, -0.05) is 37.3 Å². The topological polar surface area (TPSA) is 55.6 Å². The molecule has 0 amide bonds. The van der Waals surface area contributed by atoms with Gasteiger partial charge in [0.25, 0.3) is 0 Å². The van der Waals surface area contributed by atoms with Gasteiger partial charge in [-0.2, -0.15) is 13.2 Å². The highest BCUT2D eigenvalue weighted by Gasteiger charge is 2.30. The van der Waals surface area contributed by atoms with Crippen LogP contribution >= 0.6 is 11.3 Å². The Balaban J connectivity index is 1.58. The Kier molecular flexibility index (Phi) is 5.49. The highest BCUT2D eigenvalue weighted by molar-refractivity contribution is 7.17. The molecule has 0 aliphatic heterocycles. The second-order valence-electron chi connectivity index (χ2n) is 7.71. The molecule has 168 valence electrons. The van der Waals surface area contributed by atoms with Crippen molar-refractivity contribution in [3.8, 4) is 11.4 Å². The Hall–Kier alpha value is -3.46. The number of thiophene rings is 1. The summed E-state index contributed by atoms with van der Waals surface area (Å²) in [5.74, 6) is 1.24. The molecule has 0 atom stereocenters. The molecule has 0 bridgehead atoms. The SMILES string of the molecule is CCCNc1nc(-c2csc3ccccc23)nc2c1ncn2Cc1ccc(C(F)(F)F)cc1. The third-order valence-electron chi connectivity index (χ3n) is 5.36. The number of fused-ring (bicyclic) bond motifs is 2. The molecule has 33 heavy (non-hydrogen) atoms. The van der Waals surface area contributed by atoms with Crippen molar-refractivity contribution in [2.45, 2.75) is 26.1 Å². The molecule has 0 fully saturated rings. The predicted molar refractivity (Wildman–Crippen MR) is 125 cm³/mol. The molecular weight excluding hydrogens is 447 g/mol. The summed E-state index contributed by atoms with van der Waals surface area (Å²) in [5.41, 5.74) is 2.28. The number of imidazole rings is 1. The lowest BCUT2D eigenvalue weighted by molar-refractivity contribution is -0.137. The van der Waals surface area contributed by atoms with Gasteiger partial charge in [-0.15, -0.1) is 11.3 Å². The van der Waals surface area contributed by atoms with Crippen molar-refractivity contribution in [1.82, 2.24) is 19.5 Å². The average molecular weight is 468 g/mol. The molecule has 0 spiro atoms. The summed E-state index contributed by atoms with van der Waals surface area (Å²) >= 11 is 1.64. The van der Waals surface area contributed by atoms with Crippen LogP contribution in [-0.2, 0) is 12.7 Å². The van der Waals surface area contributed by atoms with Gasteiger partial charge in [0.2, 0.25) is 0 Å². The van der Waals surface area contributed by atoms with Crippen molar-refractivity contribution in [3.63, 3.8) is 0 Å². The number of anilines is 1. The number of hydrogen-bond donors (Lipinski definition) is 1. The van der Waals surface area contributed by atoms with Crippen molar-refractivity contribution in [2.75, 3.05) is 11.9 Å². The fourth-order valence-corrected chi connectivity index (χ4v) is 4.63. The molecule has 0 saturated heterocycles. The van der Waals surface area contributed by atoms with Crippen molar-refractivity contribution in [3.05, 3.63) is 71.4 Å². The molecule has 2 aromatic carbocycles. The third-order valence-corrected chi connectivity index (χ3v) is 6.33. The number of nitrogens with one attached hydrogen (secondary N) is 1. The molecule has 1 N–H and O–H groups in total. The average Bonchev–Trinajstić information content (AvgIpc) is 3.42. The minimum atomic E-state index is -4.36. The highest BCUT2D eigenvalue weighted by Crippen LogP contribution is 2.34. The van der Waals surface area contributed by atoms with E-state index in [1.165, 1.54) is 12.1 Å². The minimum Gasteiger partial charge on any atom is -0.368 e. The largest absolute Gasteiger partial charge is 0.416 e. The molecule has 0 radical (unpaired) electrons. The van der Waals surface area contributed by atoms with Gasteiger partial charge in [0, 0.05) is 27.6 Å². The van der Waals surface area contributed by atoms with Gasteiger partial charge in [0.05, 0.1) is 18.4 Å². The second-order valence-corrected chi connectivity index (χ2v) is 8.62. The summed E-state index contributed by atoms with van der Waals surface area (Å²) < 4.78 is 41.7. The van der Waals surface area contributed by atoms with Gasteiger partial charge in [0.15, 0.2) is 17.3 Å². The van der Waals surface area contributed by atoms with Crippen LogP contribution in [0.4, 0.5) is 19.0 Å². The fraction of sp³-hybridized carbons (Fsp3) is 0.208. The van der Waals surface area contributed by atoms with E-state index in [1.807, 2.05) is 28.1 Å². The van der Waals surface area contributed by atoms with Crippen LogP contribution < -0.4 is 5.32 Å². The van der Waals surface area contributed by atoms with Gasteiger partial charge < -0.3 is 9.88 Å². The first kappa shape index (κ1) is 21.4. The molecule has 0 aliphatic rings. The quantitative estimate of drug-likeness (QED) is 0.306. The molecule has 3 heterocycles. The van der Waals surface area contributed by atoms with Crippen LogP contribution in [0, 0.1) is 0 Å². The summed E-state index contributed by atoms with van der Waals surface area (Å²) in [7, 11) is 0. The zero-order valence-corrected chi connectivity index (χ0v) is 18.5. The number of hydrogen-bond acceptors (Lipinski definition) is 5. The standard InChI is InChI=1S/C24H20F3N5S/c1-2-11-28-22-20-23(31-21(30-22)18-13-33-19-6-4-3-5-17(18)19)32(14-29-20)12-15-7-9-16(10-8-15)24(25,26)27/h3-10,13-14H,2,11-12H2,1H3,(H,28,30,31). The smallest absolute Gasteiger partial charge is 0.368 e. The van der Waals surface area contributed by atoms with E-state index in [2.05, 4.69) is 23.3 Å². The number of rotatable bonds is 6. The third kappa shape index (κ3) is 4.16. The first-order chi connectivity index (χ1) is 15.9. The second kappa shape index (κ2) is 8.47. The van der Waals surface area contributed by atoms with Crippen LogP contribution in [0.2, 0.25) is 0 Å². The summed E-state index contributed by atoms with van der Waals surface area (Å²) in [4.78, 5) is 14.1. The van der Waals surface area contributed by atoms with Gasteiger partial charge in [0.1, 0.15) is 5.52 Å². The van der Waals surface area contributed by atoms with E-state index in [9.17, 15) is 13.2 Å². The monoisotopic (exact) mass is 467 g/mol. The first-order valence-corrected chi connectivity index (χ1v) is 11.4. The molecule has 3 aromatic heterocycles. The van der Waals surface area contributed by atoms with E-state index in [-0.39, 0.29) is 0 Å². The van der Waals surface area contributed by atoms with Gasteiger partial charge in [-0.3, -0.25) is 0 Å². The van der Waals surface area contributed by atoms with Crippen LogP contribution in [0.5, 0.6) is 0 Å². The molecular formula is C24H20F3N5S. The first-order valence-electron chi connectivity index (χ1n) is 10.5. The molecule has 0 saturated carbocycles. The Morgan fingerprint density at radius 1 is 1.03 bits per heavy atom. The van der Waals surface area contributed by atoms with E-state index < -0.39 is 11.7 Å². The summed E-state index contributed by atoms with van der Waals surface area (Å²) in [5, 5.41) is 6.47. The van der Waals surface area contributed by atoms with Crippen LogP contribution in [0.1, 0.15) is 24.5 Å². The van der Waals surface area contributed by atoms with Crippen molar-refractivity contribution >= 4 is 38.4 Å². The molecule has 5 rings (SSSR count). The van der Waals surface area contributed by atoms with E-state index in [0.29, 0.717) is 29.4 Å². The van der Waals surface area contributed by atoms with Crippen molar-refractivity contribution in [2.24, 2.45) is 0 Å². The maximum atomic E-state index is 12.9. The molecule has 0 aliphatic carbocycles. The number of nitrogens with zero attached hydrogens (tertiary/aromatic N) is 4.